The number of carbonyl (C=O) groups is 3. The van der Waals surface area contributed by atoms with Crippen molar-refractivity contribution in [3.05, 3.63) is 35.9 Å². The molecule has 0 unspecified atom stereocenters. The van der Waals surface area contributed by atoms with E-state index in [4.69, 9.17) is 14.2 Å². The van der Waals surface area contributed by atoms with Crippen LogP contribution in [0.15, 0.2) is 30.3 Å². The second kappa shape index (κ2) is 8.28. The van der Waals surface area contributed by atoms with Crippen LogP contribution in [0.25, 0.3) is 10.8 Å². The summed E-state index contributed by atoms with van der Waals surface area (Å²) in [6.45, 7) is 4.37. The fourth-order valence-electron chi connectivity index (χ4n) is 2.48. The minimum Gasteiger partial charge on any atom is -0.466 e. The monoisotopic (exact) mass is 344 g/mol. The molecule has 0 aliphatic rings. The van der Waals surface area contributed by atoms with E-state index in [0.29, 0.717) is 41.7 Å². The third-order valence-electron chi connectivity index (χ3n) is 3.42. The molecule has 2 rings (SSSR count). The molecule has 6 nitrogen and oxygen atoms in total. The van der Waals surface area contributed by atoms with Crippen LogP contribution in [0.5, 0.6) is 11.5 Å². The number of hydrogen-bond acceptors (Lipinski definition) is 6. The van der Waals surface area contributed by atoms with E-state index in [2.05, 4.69) is 0 Å². The number of esters is 3. The van der Waals surface area contributed by atoms with Crippen molar-refractivity contribution < 1.29 is 28.6 Å². The van der Waals surface area contributed by atoms with Gasteiger partial charge in [0, 0.05) is 31.5 Å². The maximum absolute atomic E-state index is 11.3. The summed E-state index contributed by atoms with van der Waals surface area (Å²) in [5, 5.41) is 1.36. The first kappa shape index (κ1) is 18.4. The number of fused-ring (bicyclic) bond motifs is 1. The third-order valence-corrected chi connectivity index (χ3v) is 3.42. The molecule has 0 atom stereocenters. The average molecular weight is 344 g/mol. The lowest BCUT2D eigenvalue weighted by atomic mass is 10.0. The molecular formula is C19H20O6. The summed E-state index contributed by atoms with van der Waals surface area (Å²) < 4.78 is 15.4. The van der Waals surface area contributed by atoms with E-state index in [1.54, 1.807) is 12.1 Å². The first-order valence-corrected chi connectivity index (χ1v) is 7.92. The Hall–Kier alpha value is -2.89. The van der Waals surface area contributed by atoms with Gasteiger partial charge in [-0.3, -0.25) is 14.4 Å². The molecule has 6 heteroatoms. The molecule has 0 N–H and O–H groups in total. The SMILES string of the molecule is CC(=O)OCCCc1ccc2c(OC(C)=O)ccc(OC(C)=O)c2c1. The summed E-state index contributed by atoms with van der Waals surface area (Å²) >= 11 is 0. The van der Waals surface area contributed by atoms with Crippen LogP contribution in [-0.2, 0) is 25.5 Å². The number of carbonyl (C=O) groups excluding carboxylic acids is 3. The van der Waals surface area contributed by atoms with Crippen LogP contribution >= 0.6 is 0 Å². The molecular weight excluding hydrogens is 324 g/mol. The topological polar surface area (TPSA) is 78.9 Å². The molecule has 0 aliphatic heterocycles. The number of ether oxygens (including phenoxy) is 3. The summed E-state index contributed by atoms with van der Waals surface area (Å²) in [7, 11) is 0. The van der Waals surface area contributed by atoms with Gasteiger partial charge >= 0.3 is 17.9 Å². The molecule has 0 amide bonds. The first-order chi connectivity index (χ1) is 11.9. The van der Waals surface area contributed by atoms with Crippen molar-refractivity contribution in [1.82, 2.24) is 0 Å². The lowest BCUT2D eigenvalue weighted by Gasteiger charge is -2.12. The van der Waals surface area contributed by atoms with Crippen LogP contribution in [0.4, 0.5) is 0 Å². The number of benzene rings is 2. The van der Waals surface area contributed by atoms with E-state index in [9.17, 15) is 14.4 Å². The predicted octanol–water partition coefficient (Wildman–Crippen LogP) is 3.19. The highest BCUT2D eigenvalue weighted by Crippen LogP contribution is 2.34. The van der Waals surface area contributed by atoms with Crippen LogP contribution < -0.4 is 9.47 Å². The highest BCUT2D eigenvalue weighted by molar-refractivity contribution is 5.96. The molecule has 0 aromatic heterocycles. The molecule has 0 aliphatic carbocycles. The Balaban J connectivity index is 2.33. The molecule has 0 saturated heterocycles. The van der Waals surface area contributed by atoms with Crippen molar-refractivity contribution in [3.8, 4) is 11.5 Å². The van der Waals surface area contributed by atoms with Crippen LogP contribution in [0, 0.1) is 0 Å². The van der Waals surface area contributed by atoms with Gasteiger partial charge in [-0.1, -0.05) is 12.1 Å². The van der Waals surface area contributed by atoms with E-state index in [0.717, 1.165) is 5.56 Å². The molecule has 0 bridgehead atoms. The van der Waals surface area contributed by atoms with Crippen LogP contribution in [-0.4, -0.2) is 24.5 Å². The van der Waals surface area contributed by atoms with Gasteiger partial charge in [-0.05, 0) is 36.6 Å². The molecule has 25 heavy (non-hydrogen) atoms. The second-order valence-corrected chi connectivity index (χ2v) is 5.57. The lowest BCUT2D eigenvalue weighted by molar-refractivity contribution is -0.141. The molecule has 2 aromatic rings. The van der Waals surface area contributed by atoms with Crippen LogP contribution in [0.3, 0.4) is 0 Å². The second-order valence-electron chi connectivity index (χ2n) is 5.57. The minimum absolute atomic E-state index is 0.304. The van der Waals surface area contributed by atoms with E-state index in [-0.39, 0.29) is 5.97 Å². The van der Waals surface area contributed by atoms with E-state index in [1.165, 1.54) is 20.8 Å². The van der Waals surface area contributed by atoms with Gasteiger partial charge in [-0.2, -0.15) is 0 Å². The van der Waals surface area contributed by atoms with E-state index >= 15 is 0 Å². The smallest absolute Gasteiger partial charge is 0.308 e. The Morgan fingerprint density at radius 3 is 1.96 bits per heavy atom. The Morgan fingerprint density at radius 2 is 1.40 bits per heavy atom. The van der Waals surface area contributed by atoms with Crippen LogP contribution in [0.1, 0.15) is 32.8 Å². The van der Waals surface area contributed by atoms with Crippen molar-refractivity contribution in [2.24, 2.45) is 0 Å². The molecule has 2 aromatic carbocycles. The Bertz CT molecular complexity index is 809. The highest BCUT2D eigenvalue weighted by atomic mass is 16.5. The Kier molecular flexibility index (Phi) is 6.11. The minimum atomic E-state index is -0.429. The predicted molar refractivity (Wildman–Crippen MR) is 91.5 cm³/mol. The summed E-state index contributed by atoms with van der Waals surface area (Å²) in [6, 6.07) is 8.81. The molecule has 0 radical (unpaired) electrons. The number of hydrogen-bond donors (Lipinski definition) is 0. The molecule has 0 saturated carbocycles. The first-order valence-electron chi connectivity index (χ1n) is 7.92. The molecule has 0 fully saturated rings. The quantitative estimate of drug-likeness (QED) is 0.455. The largest absolute Gasteiger partial charge is 0.466 e. The van der Waals surface area contributed by atoms with Gasteiger partial charge < -0.3 is 14.2 Å². The van der Waals surface area contributed by atoms with E-state index < -0.39 is 11.9 Å². The van der Waals surface area contributed by atoms with Gasteiger partial charge in [0.25, 0.3) is 0 Å². The van der Waals surface area contributed by atoms with Crippen molar-refractivity contribution in [1.29, 1.82) is 0 Å². The summed E-state index contributed by atoms with van der Waals surface area (Å²) in [4.78, 5) is 33.4. The van der Waals surface area contributed by atoms with Crippen LogP contribution in [0.2, 0.25) is 0 Å². The zero-order valence-corrected chi connectivity index (χ0v) is 14.5. The van der Waals surface area contributed by atoms with Crippen molar-refractivity contribution in [2.45, 2.75) is 33.6 Å². The third kappa shape index (κ3) is 5.31. The van der Waals surface area contributed by atoms with Gasteiger partial charge in [0.15, 0.2) is 0 Å². The average Bonchev–Trinajstić information content (AvgIpc) is 2.53. The molecule has 132 valence electrons. The lowest BCUT2D eigenvalue weighted by Crippen LogP contribution is -2.05. The van der Waals surface area contributed by atoms with Crippen molar-refractivity contribution in [3.63, 3.8) is 0 Å². The number of rotatable bonds is 6. The van der Waals surface area contributed by atoms with Gasteiger partial charge in [0.05, 0.1) is 6.61 Å². The molecule has 0 spiro atoms. The van der Waals surface area contributed by atoms with Crippen molar-refractivity contribution >= 4 is 28.7 Å². The fourth-order valence-corrected chi connectivity index (χ4v) is 2.48. The highest BCUT2D eigenvalue weighted by Gasteiger charge is 2.12. The van der Waals surface area contributed by atoms with Crippen molar-refractivity contribution in [2.75, 3.05) is 6.61 Å². The normalized spacial score (nSPS) is 10.4. The summed E-state index contributed by atoms with van der Waals surface area (Å²) in [5.74, 6) is -0.347. The van der Waals surface area contributed by atoms with Gasteiger partial charge in [-0.15, -0.1) is 0 Å². The Morgan fingerprint density at radius 1 is 0.800 bits per heavy atom. The Labute approximate surface area is 145 Å². The number of aryl methyl sites for hydroxylation is 1. The standard InChI is InChI=1S/C19H20O6/c1-12(20)23-10-4-5-15-6-7-16-17(11-15)19(25-14(3)22)9-8-18(16)24-13(2)21/h6-9,11H,4-5,10H2,1-3H3. The summed E-state index contributed by atoms with van der Waals surface area (Å²) in [6.07, 6.45) is 1.37. The zero-order chi connectivity index (χ0) is 18.4. The summed E-state index contributed by atoms with van der Waals surface area (Å²) in [5.41, 5.74) is 0.994. The zero-order valence-electron chi connectivity index (χ0n) is 14.5. The van der Waals surface area contributed by atoms with Gasteiger partial charge in [0.2, 0.25) is 0 Å². The van der Waals surface area contributed by atoms with Gasteiger partial charge in [0.1, 0.15) is 11.5 Å². The maximum Gasteiger partial charge on any atom is 0.308 e. The maximum atomic E-state index is 11.3. The van der Waals surface area contributed by atoms with Gasteiger partial charge in [-0.25, -0.2) is 0 Å². The van der Waals surface area contributed by atoms with E-state index in [1.807, 2.05) is 18.2 Å². The molecule has 0 heterocycles. The fraction of sp³-hybridized carbons (Fsp3) is 0.316.